The van der Waals surface area contributed by atoms with Crippen molar-refractivity contribution in [1.29, 1.82) is 0 Å². The molecule has 4 nitrogen and oxygen atoms in total. The molecule has 3 aromatic rings. The summed E-state index contributed by atoms with van der Waals surface area (Å²) in [5.41, 5.74) is 2.76. The summed E-state index contributed by atoms with van der Waals surface area (Å²) in [6.45, 7) is 3.04. The SMILES string of the molecule is Cn1nc(CN2CCCC2)nc1-c1ccc(-c2ccc(Cl)c(Cl)c2)c(Cl)c1. The molecule has 1 fully saturated rings. The van der Waals surface area contributed by atoms with E-state index in [1.807, 2.05) is 42.1 Å². The Hall–Kier alpha value is -1.59. The summed E-state index contributed by atoms with van der Waals surface area (Å²) < 4.78 is 1.82. The van der Waals surface area contributed by atoms with E-state index in [9.17, 15) is 0 Å². The van der Waals surface area contributed by atoms with Crippen LogP contribution in [0.4, 0.5) is 0 Å². The van der Waals surface area contributed by atoms with E-state index in [1.54, 1.807) is 6.07 Å². The van der Waals surface area contributed by atoms with Crippen LogP contribution < -0.4 is 0 Å². The first kappa shape index (κ1) is 18.8. The molecular weight excluding hydrogens is 403 g/mol. The second-order valence-electron chi connectivity index (χ2n) is 6.78. The van der Waals surface area contributed by atoms with Gasteiger partial charge in [0.2, 0.25) is 0 Å². The minimum atomic E-state index is 0.508. The van der Waals surface area contributed by atoms with Gasteiger partial charge in [-0.15, -0.1) is 0 Å². The molecule has 1 saturated heterocycles. The zero-order chi connectivity index (χ0) is 19.0. The Bertz CT molecular complexity index is 977. The van der Waals surface area contributed by atoms with Crippen molar-refractivity contribution in [3.05, 3.63) is 57.3 Å². The Kier molecular flexibility index (Phi) is 5.42. The summed E-state index contributed by atoms with van der Waals surface area (Å²) in [5.74, 6) is 1.66. The molecule has 1 aromatic heterocycles. The van der Waals surface area contributed by atoms with E-state index in [0.717, 1.165) is 48.0 Å². The summed E-state index contributed by atoms with van der Waals surface area (Å²) in [7, 11) is 1.91. The maximum atomic E-state index is 6.56. The monoisotopic (exact) mass is 420 g/mol. The number of aryl methyl sites for hydroxylation is 1. The highest BCUT2D eigenvalue weighted by Gasteiger charge is 2.17. The normalized spacial score (nSPS) is 14.8. The summed E-state index contributed by atoms with van der Waals surface area (Å²) in [6, 6.07) is 11.4. The highest BCUT2D eigenvalue weighted by atomic mass is 35.5. The van der Waals surface area contributed by atoms with Crippen molar-refractivity contribution in [3.63, 3.8) is 0 Å². The number of benzene rings is 2. The molecule has 0 aliphatic carbocycles. The van der Waals surface area contributed by atoms with E-state index in [4.69, 9.17) is 39.8 Å². The van der Waals surface area contributed by atoms with Crippen LogP contribution in [0.3, 0.4) is 0 Å². The number of nitrogens with zero attached hydrogens (tertiary/aromatic N) is 4. The first-order chi connectivity index (χ1) is 13.0. The Balaban J connectivity index is 1.62. The van der Waals surface area contributed by atoms with Gasteiger partial charge < -0.3 is 0 Å². The number of aromatic nitrogens is 3. The highest BCUT2D eigenvalue weighted by Crippen LogP contribution is 2.34. The minimum Gasteiger partial charge on any atom is -0.296 e. The van der Waals surface area contributed by atoms with Crippen LogP contribution in [0.5, 0.6) is 0 Å². The third-order valence-electron chi connectivity index (χ3n) is 4.83. The van der Waals surface area contributed by atoms with E-state index in [-0.39, 0.29) is 0 Å². The van der Waals surface area contributed by atoms with Crippen molar-refractivity contribution in [2.24, 2.45) is 7.05 Å². The summed E-state index contributed by atoms with van der Waals surface area (Å²) in [5, 5.41) is 6.24. The van der Waals surface area contributed by atoms with Crippen molar-refractivity contribution in [2.75, 3.05) is 13.1 Å². The molecule has 0 radical (unpaired) electrons. The van der Waals surface area contributed by atoms with Gasteiger partial charge in [-0.25, -0.2) is 9.67 Å². The van der Waals surface area contributed by atoms with Gasteiger partial charge in [-0.05, 0) is 49.7 Å². The summed E-state index contributed by atoms with van der Waals surface area (Å²) in [6.07, 6.45) is 2.51. The molecule has 1 aliphatic heterocycles. The fourth-order valence-electron chi connectivity index (χ4n) is 3.45. The second kappa shape index (κ2) is 7.80. The molecule has 0 unspecified atom stereocenters. The van der Waals surface area contributed by atoms with E-state index in [1.165, 1.54) is 12.8 Å². The lowest BCUT2D eigenvalue weighted by Crippen LogP contribution is -2.19. The molecule has 1 aliphatic rings. The Morgan fingerprint density at radius 1 is 0.889 bits per heavy atom. The third-order valence-corrected chi connectivity index (χ3v) is 5.88. The molecule has 7 heteroatoms. The smallest absolute Gasteiger partial charge is 0.165 e. The van der Waals surface area contributed by atoms with Crippen molar-refractivity contribution in [3.8, 4) is 22.5 Å². The fraction of sp³-hybridized carbons (Fsp3) is 0.300. The molecule has 0 spiro atoms. The Morgan fingerprint density at radius 3 is 2.30 bits per heavy atom. The molecule has 0 bridgehead atoms. The molecule has 27 heavy (non-hydrogen) atoms. The van der Waals surface area contributed by atoms with Gasteiger partial charge in [-0.1, -0.05) is 53.0 Å². The van der Waals surface area contributed by atoms with Crippen molar-refractivity contribution in [1.82, 2.24) is 19.7 Å². The predicted molar refractivity (Wildman–Crippen MR) is 111 cm³/mol. The van der Waals surface area contributed by atoms with Gasteiger partial charge in [0.05, 0.1) is 16.6 Å². The lowest BCUT2D eigenvalue weighted by Gasteiger charge is -2.10. The van der Waals surface area contributed by atoms with Crippen molar-refractivity contribution in [2.45, 2.75) is 19.4 Å². The summed E-state index contributed by atoms with van der Waals surface area (Å²) >= 11 is 18.7. The third kappa shape index (κ3) is 3.99. The van der Waals surface area contributed by atoms with Gasteiger partial charge >= 0.3 is 0 Å². The van der Waals surface area contributed by atoms with Gasteiger partial charge in [-0.2, -0.15) is 5.10 Å². The van der Waals surface area contributed by atoms with Crippen LogP contribution in [0.15, 0.2) is 36.4 Å². The minimum absolute atomic E-state index is 0.508. The zero-order valence-electron chi connectivity index (χ0n) is 14.9. The number of hydrogen-bond acceptors (Lipinski definition) is 3. The van der Waals surface area contributed by atoms with Crippen molar-refractivity contribution >= 4 is 34.8 Å². The maximum Gasteiger partial charge on any atom is 0.165 e. The predicted octanol–water partition coefficient (Wildman–Crippen LogP) is 5.71. The lowest BCUT2D eigenvalue weighted by atomic mass is 10.0. The largest absolute Gasteiger partial charge is 0.296 e. The molecule has 0 N–H and O–H groups in total. The van der Waals surface area contributed by atoms with E-state index in [0.29, 0.717) is 15.1 Å². The molecule has 2 aromatic carbocycles. The number of rotatable bonds is 4. The maximum absolute atomic E-state index is 6.56. The van der Waals surface area contributed by atoms with Gasteiger partial charge in [-0.3, -0.25) is 4.90 Å². The second-order valence-corrected chi connectivity index (χ2v) is 8.00. The molecule has 140 valence electrons. The van der Waals surface area contributed by atoms with Crippen LogP contribution in [-0.2, 0) is 13.6 Å². The van der Waals surface area contributed by atoms with Crippen molar-refractivity contribution < 1.29 is 0 Å². The quantitative estimate of drug-likeness (QED) is 0.541. The Morgan fingerprint density at radius 2 is 1.59 bits per heavy atom. The van der Waals surface area contributed by atoms with Crippen LogP contribution in [0, 0.1) is 0 Å². The standard InChI is InChI=1S/C20H19Cl3N4/c1-26-20(24-19(25-26)12-27-8-2-3-9-27)14-4-6-15(17(22)11-14)13-5-7-16(21)18(23)10-13/h4-7,10-11H,2-3,8-9,12H2,1H3. The average Bonchev–Trinajstić information content (AvgIpc) is 3.27. The lowest BCUT2D eigenvalue weighted by molar-refractivity contribution is 0.322. The first-order valence-corrected chi connectivity index (χ1v) is 10.0. The molecule has 2 heterocycles. The first-order valence-electron chi connectivity index (χ1n) is 8.89. The molecule has 0 saturated carbocycles. The van der Waals surface area contributed by atoms with E-state index < -0.39 is 0 Å². The fourth-order valence-corrected chi connectivity index (χ4v) is 4.04. The number of halogens is 3. The van der Waals surface area contributed by atoms with E-state index >= 15 is 0 Å². The average molecular weight is 422 g/mol. The number of likely N-dealkylation sites (tertiary alicyclic amines) is 1. The van der Waals surface area contributed by atoms with Crippen LogP contribution in [0.25, 0.3) is 22.5 Å². The topological polar surface area (TPSA) is 34.0 Å². The Labute approximate surface area is 173 Å². The van der Waals surface area contributed by atoms with Gasteiger partial charge in [0.15, 0.2) is 11.6 Å². The van der Waals surface area contributed by atoms with Gasteiger partial charge in [0, 0.05) is 23.2 Å². The van der Waals surface area contributed by atoms with Gasteiger partial charge in [0.1, 0.15) is 0 Å². The van der Waals surface area contributed by atoms with E-state index in [2.05, 4.69) is 10.00 Å². The van der Waals surface area contributed by atoms with Crippen LogP contribution in [0.1, 0.15) is 18.7 Å². The summed E-state index contributed by atoms with van der Waals surface area (Å²) in [4.78, 5) is 7.11. The molecular formula is C20H19Cl3N4. The van der Waals surface area contributed by atoms with Crippen LogP contribution in [0.2, 0.25) is 15.1 Å². The molecule has 0 amide bonds. The van der Waals surface area contributed by atoms with Crippen LogP contribution in [-0.4, -0.2) is 32.8 Å². The zero-order valence-corrected chi connectivity index (χ0v) is 17.2. The van der Waals surface area contributed by atoms with Gasteiger partial charge in [0.25, 0.3) is 0 Å². The molecule has 4 rings (SSSR count). The highest BCUT2D eigenvalue weighted by molar-refractivity contribution is 6.42. The molecule has 0 atom stereocenters. The number of hydrogen-bond donors (Lipinski definition) is 0. The van der Waals surface area contributed by atoms with Crippen LogP contribution >= 0.6 is 34.8 Å².